The Bertz CT molecular complexity index is 739. The lowest BCUT2D eigenvalue weighted by atomic mass is 10.2. The van der Waals surface area contributed by atoms with Crippen molar-refractivity contribution < 1.29 is 4.92 Å². The maximum absolute atomic E-state index is 10.9. The van der Waals surface area contributed by atoms with Gasteiger partial charge in [0.1, 0.15) is 0 Å². The van der Waals surface area contributed by atoms with E-state index < -0.39 is 4.92 Å². The van der Waals surface area contributed by atoms with Crippen molar-refractivity contribution in [2.45, 2.75) is 11.8 Å². The molecular formula is C16H16ClN3O2S2. The van der Waals surface area contributed by atoms with E-state index in [-0.39, 0.29) is 5.69 Å². The van der Waals surface area contributed by atoms with Gasteiger partial charge >= 0.3 is 0 Å². The van der Waals surface area contributed by atoms with E-state index in [1.54, 1.807) is 30.8 Å². The smallest absolute Gasteiger partial charge is 0.274 e. The highest BCUT2D eigenvalue weighted by Crippen LogP contribution is 2.22. The summed E-state index contributed by atoms with van der Waals surface area (Å²) in [5.41, 5.74) is 1.28. The minimum absolute atomic E-state index is 0.0705. The van der Waals surface area contributed by atoms with E-state index in [2.05, 4.69) is 10.6 Å². The molecule has 0 aliphatic carbocycles. The van der Waals surface area contributed by atoms with Crippen LogP contribution in [0.3, 0.4) is 0 Å². The van der Waals surface area contributed by atoms with Gasteiger partial charge in [-0.1, -0.05) is 17.7 Å². The molecule has 2 N–H and O–H groups in total. The van der Waals surface area contributed by atoms with Crippen LogP contribution in [0.4, 0.5) is 11.4 Å². The van der Waals surface area contributed by atoms with Gasteiger partial charge in [0.15, 0.2) is 5.11 Å². The number of nitro groups is 1. The van der Waals surface area contributed by atoms with Crippen molar-refractivity contribution in [2.75, 3.05) is 17.6 Å². The fourth-order valence-electron chi connectivity index (χ4n) is 1.92. The number of benzene rings is 2. The molecular weight excluding hydrogens is 366 g/mol. The lowest BCUT2D eigenvalue weighted by molar-refractivity contribution is -0.385. The predicted molar refractivity (Wildman–Crippen MR) is 104 cm³/mol. The third-order valence-electron chi connectivity index (χ3n) is 3.13. The van der Waals surface area contributed by atoms with E-state index >= 15 is 0 Å². The van der Waals surface area contributed by atoms with E-state index in [0.717, 1.165) is 15.7 Å². The number of hydrogen-bond donors (Lipinski definition) is 2. The largest absolute Gasteiger partial charge is 0.362 e. The van der Waals surface area contributed by atoms with Crippen LogP contribution in [0.1, 0.15) is 5.56 Å². The van der Waals surface area contributed by atoms with Crippen LogP contribution in [0.15, 0.2) is 47.4 Å². The molecule has 126 valence electrons. The molecule has 0 bridgehead atoms. The van der Waals surface area contributed by atoms with E-state index in [1.165, 1.54) is 6.07 Å². The monoisotopic (exact) mass is 381 g/mol. The van der Waals surface area contributed by atoms with Crippen molar-refractivity contribution in [3.8, 4) is 0 Å². The van der Waals surface area contributed by atoms with Crippen molar-refractivity contribution in [3.05, 3.63) is 63.2 Å². The van der Waals surface area contributed by atoms with Crippen LogP contribution in [0, 0.1) is 17.0 Å². The molecule has 0 heterocycles. The SMILES string of the molecule is Cc1ccc(NC(=S)NCCSc2ccc(Cl)cc2)cc1[N+](=O)[O-]. The molecule has 0 radical (unpaired) electrons. The van der Waals surface area contributed by atoms with Crippen LogP contribution in [0.2, 0.25) is 5.02 Å². The number of thioether (sulfide) groups is 1. The molecule has 8 heteroatoms. The number of anilines is 1. The molecule has 2 rings (SSSR count). The third-order valence-corrected chi connectivity index (χ3v) is 4.65. The van der Waals surface area contributed by atoms with Gasteiger partial charge in [-0.05, 0) is 49.5 Å². The molecule has 0 saturated heterocycles. The summed E-state index contributed by atoms with van der Waals surface area (Å²) in [6.45, 7) is 2.37. The van der Waals surface area contributed by atoms with Gasteiger partial charge in [0, 0.05) is 39.5 Å². The zero-order valence-corrected chi connectivity index (χ0v) is 15.3. The highest BCUT2D eigenvalue weighted by molar-refractivity contribution is 7.99. The molecule has 5 nitrogen and oxygen atoms in total. The molecule has 24 heavy (non-hydrogen) atoms. The summed E-state index contributed by atoms with van der Waals surface area (Å²) in [6.07, 6.45) is 0. The first kappa shape index (κ1) is 18.5. The number of nitrogens with one attached hydrogen (secondary N) is 2. The minimum Gasteiger partial charge on any atom is -0.362 e. The number of nitro benzene ring substituents is 1. The van der Waals surface area contributed by atoms with Crippen LogP contribution in [0.5, 0.6) is 0 Å². The average molecular weight is 382 g/mol. The van der Waals surface area contributed by atoms with Crippen molar-refractivity contribution in [3.63, 3.8) is 0 Å². The Morgan fingerprint density at radius 2 is 2.00 bits per heavy atom. The van der Waals surface area contributed by atoms with E-state index in [9.17, 15) is 10.1 Å². The highest BCUT2D eigenvalue weighted by atomic mass is 35.5. The Balaban J connectivity index is 1.78. The molecule has 0 aliphatic rings. The highest BCUT2D eigenvalue weighted by Gasteiger charge is 2.11. The normalized spacial score (nSPS) is 10.2. The van der Waals surface area contributed by atoms with Crippen LogP contribution in [-0.2, 0) is 0 Å². The average Bonchev–Trinajstić information content (AvgIpc) is 2.55. The van der Waals surface area contributed by atoms with Gasteiger partial charge < -0.3 is 10.6 Å². The fourth-order valence-corrected chi connectivity index (χ4v) is 3.04. The Hall–Kier alpha value is -1.83. The third kappa shape index (κ3) is 5.67. The molecule has 0 aliphatic heterocycles. The summed E-state index contributed by atoms with van der Waals surface area (Å²) < 4.78 is 0. The van der Waals surface area contributed by atoms with Gasteiger partial charge in [-0.15, -0.1) is 11.8 Å². The topological polar surface area (TPSA) is 67.2 Å². The second-order valence-corrected chi connectivity index (χ2v) is 6.95. The van der Waals surface area contributed by atoms with Gasteiger partial charge in [0.05, 0.1) is 4.92 Å². The van der Waals surface area contributed by atoms with Crippen LogP contribution < -0.4 is 10.6 Å². The maximum Gasteiger partial charge on any atom is 0.274 e. The molecule has 0 saturated carbocycles. The number of hydrogen-bond acceptors (Lipinski definition) is 4. The number of halogens is 1. The number of aryl methyl sites for hydroxylation is 1. The summed E-state index contributed by atoms with van der Waals surface area (Å²) in [5.74, 6) is 0.831. The Morgan fingerprint density at radius 3 is 2.67 bits per heavy atom. The summed E-state index contributed by atoms with van der Waals surface area (Å²) in [6, 6.07) is 12.6. The molecule has 2 aromatic carbocycles. The van der Waals surface area contributed by atoms with Gasteiger partial charge in [0.2, 0.25) is 0 Å². The summed E-state index contributed by atoms with van der Waals surface area (Å²) >= 11 is 12.7. The van der Waals surface area contributed by atoms with E-state index in [4.69, 9.17) is 23.8 Å². The van der Waals surface area contributed by atoms with Crippen LogP contribution >= 0.6 is 35.6 Å². The Kier molecular flexibility index (Phi) is 6.84. The summed E-state index contributed by atoms with van der Waals surface area (Å²) in [7, 11) is 0. The van der Waals surface area contributed by atoms with Crippen molar-refractivity contribution in [1.82, 2.24) is 5.32 Å². The zero-order chi connectivity index (χ0) is 17.5. The van der Waals surface area contributed by atoms with Crippen LogP contribution in [0.25, 0.3) is 0 Å². The predicted octanol–water partition coefficient (Wildman–Crippen LogP) is 4.64. The van der Waals surface area contributed by atoms with Gasteiger partial charge in [-0.3, -0.25) is 10.1 Å². The summed E-state index contributed by atoms with van der Waals surface area (Å²) in [4.78, 5) is 11.7. The van der Waals surface area contributed by atoms with Crippen molar-refractivity contribution in [1.29, 1.82) is 0 Å². The maximum atomic E-state index is 10.9. The number of rotatable bonds is 6. The van der Waals surface area contributed by atoms with Crippen LogP contribution in [-0.4, -0.2) is 22.3 Å². The second-order valence-electron chi connectivity index (χ2n) is 4.94. The minimum atomic E-state index is -0.403. The van der Waals surface area contributed by atoms with Gasteiger partial charge in [0.25, 0.3) is 5.69 Å². The zero-order valence-electron chi connectivity index (χ0n) is 12.9. The van der Waals surface area contributed by atoms with Crippen molar-refractivity contribution in [2.24, 2.45) is 0 Å². The quantitative estimate of drug-likeness (QED) is 0.250. The number of nitrogens with zero attached hydrogens (tertiary/aromatic N) is 1. The first-order valence-corrected chi connectivity index (χ1v) is 8.91. The molecule has 2 aromatic rings. The van der Waals surface area contributed by atoms with E-state index in [0.29, 0.717) is 22.9 Å². The Morgan fingerprint density at radius 1 is 1.29 bits per heavy atom. The first-order valence-electron chi connectivity index (χ1n) is 7.14. The molecule has 0 aromatic heterocycles. The van der Waals surface area contributed by atoms with Crippen molar-refractivity contribution >= 4 is 52.1 Å². The van der Waals surface area contributed by atoms with Gasteiger partial charge in [-0.25, -0.2) is 0 Å². The molecule has 0 atom stereocenters. The van der Waals surface area contributed by atoms with E-state index in [1.807, 2.05) is 24.3 Å². The summed E-state index contributed by atoms with van der Waals surface area (Å²) in [5, 5.41) is 18.1. The second kappa shape index (κ2) is 8.86. The lowest BCUT2D eigenvalue weighted by Gasteiger charge is -2.11. The molecule has 0 fully saturated rings. The number of thiocarbonyl (C=S) groups is 1. The standard InChI is InChI=1S/C16H16ClN3O2S2/c1-11-2-5-13(10-15(11)20(21)22)19-16(23)18-8-9-24-14-6-3-12(17)4-7-14/h2-7,10H,8-9H2,1H3,(H2,18,19,23). The Labute approximate surface area is 154 Å². The first-order chi connectivity index (χ1) is 11.5. The molecule has 0 amide bonds. The fraction of sp³-hybridized carbons (Fsp3) is 0.188. The molecule has 0 unspecified atom stereocenters. The van der Waals surface area contributed by atoms with Gasteiger partial charge in [-0.2, -0.15) is 0 Å². The lowest BCUT2D eigenvalue weighted by Crippen LogP contribution is -2.30. The molecule has 0 spiro atoms.